The van der Waals surface area contributed by atoms with Crippen LogP contribution in [0.1, 0.15) is 25.1 Å². The third-order valence-corrected chi connectivity index (χ3v) is 4.02. The van der Waals surface area contributed by atoms with E-state index in [1.54, 1.807) is 34.9 Å². The van der Waals surface area contributed by atoms with Crippen molar-refractivity contribution in [3.8, 4) is 0 Å². The Morgan fingerprint density at radius 1 is 1.42 bits per heavy atom. The number of benzene rings is 1. The molecule has 19 heavy (non-hydrogen) atoms. The predicted molar refractivity (Wildman–Crippen MR) is 76.5 cm³/mol. The van der Waals surface area contributed by atoms with Crippen LogP contribution in [0.4, 0.5) is 4.39 Å². The average molecular weight is 282 g/mol. The van der Waals surface area contributed by atoms with Gasteiger partial charge in [0.1, 0.15) is 12.0 Å². The normalized spacial score (nSPS) is 23.1. The second kappa shape index (κ2) is 6.39. The SMILES string of the molecule is CSCCCN1C(=O)C(C)NC1c1ccccc1F. The fourth-order valence-electron chi connectivity index (χ4n) is 2.35. The van der Waals surface area contributed by atoms with Crippen molar-refractivity contribution in [2.75, 3.05) is 18.6 Å². The van der Waals surface area contributed by atoms with E-state index in [0.29, 0.717) is 12.1 Å². The molecule has 0 aliphatic carbocycles. The molecule has 0 saturated carbocycles. The quantitative estimate of drug-likeness (QED) is 0.842. The van der Waals surface area contributed by atoms with Crippen LogP contribution in [0.5, 0.6) is 0 Å². The molecule has 0 spiro atoms. The summed E-state index contributed by atoms with van der Waals surface area (Å²) in [6, 6.07) is 6.38. The molecule has 1 amide bonds. The standard InChI is InChI=1S/C14H19FN2OS/c1-10-14(18)17(8-5-9-19-2)13(16-10)11-6-3-4-7-12(11)15/h3-4,6-7,10,13,16H,5,8-9H2,1-2H3. The number of carbonyl (C=O) groups excluding carboxylic acids is 1. The predicted octanol–water partition coefficient (Wildman–Crippen LogP) is 2.40. The summed E-state index contributed by atoms with van der Waals surface area (Å²) in [6.45, 7) is 2.49. The highest BCUT2D eigenvalue weighted by Gasteiger charge is 2.37. The van der Waals surface area contributed by atoms with Gasteiger partial charge >= 0.3 is 0 Å². The zero-order valence-electron chi connectivity index (χ0n) is 11.2. The summed E-state index contributed by atoms with van der Waals surface area (Å²) >= 11 is 1.75. The smallest absolute Gasteiger partial charge is 0.241 e. The lowest BCUT2D eigenvalue weighted by molar-refractivity contribution is -0.129. The van der Waals surface area contributed by atoms with Crippen molar-refractivity contribution in [2.24, 2.45) is 0 Å². The van der Waals surface area contributed by atoms with Gasteiger partial charge in [-0.05, 0) is 31.4 Å². The number of hydrogen-bond acceptors (Lipinski definition) is 3. The summed E-state index contributed by atoms with van der Waals surface area (Å²) in [5.74, 6) is 0.786. The van der Waals surface area contributed by atoms with Gasteiger partial charge in [0.25, 0.3) is 0 Å². The molecule has 5 heteroatoms. The van der Waals surface area contributed by atoms with Gasteiger partial charge in [-0.1, -0.05) is 18.2 Å². The second-order valence-electron chi connectivity index (χ2n) is 4.69. The lowest BCUT2D eigenvalue weighted by atomic mass is 10.1. The number of halogens is 1. The third kappa shape index (κ3) is 3.09. The van der Waals surface area contributed by atoms with E-state index >= 15 is 0 Å². The maximum atomic E-state index is 13.9. The molecule has 1 fully saturated rings. The molecule has 1 aliphatic heterocycles. The lowest BCUT2D eigenvalue weighted by Crippen LogP contribution is -2.32. The molecule has 1 aliphatic rings. The average Bonchev–Trinajstić information content (AvgIpc) is 2.68. The van der Waals surface area contributed by atoms with E-state index in [1.807, 2.05) is 13.2 Å². The van der Waals surface area contributed by atoms with E-state index in [4.69, 9.17) is 0 Å². The largest absolute Gasteiger partial charge is 0.321 e. The molecule has 2 rings (SSSR count). The van der Waals surface area contributed by atoms with Gasteiger partial charge in [-0.25, -0.2) is 4.39 Å². The van der Waals surface area contributed by atoms with Crippen LogP contribution in [-0.4, -0.2) is 35.4 Å². The zero-order valence-corrected chi connectivity index (χ0v) is 12.0. The molecule has 1 aromatic carbocycles. The maximum absolute atomic E-state index is 13.9. The number of hydrogen-bond donors (Lipinski definition) is 1. The Kier molecular flexibility index (Phi) is 4.82. The molecular formula is C14H19FN2OS. The van der Waals surface area contributed by atoms with Crippen LogP contribution < -0.4 is 5.32 Å². The number of thioether (sulfide) groups is 1. The molecular weight excluding hydrogens is 263 g/mol. The monoisotopic (exact) mass is 282 g/mol. The molecule has 2 unspecified atom stereocenters. The Balaban J connectivity index is 2.17. The molecule has 0 radical (unpaired) electrons. The van der Waals surface area contributed by atoms with Crippen molar-refractivity contribution in [3.05, 3.63) is 35.6 Å². The molecule has 1 N–H and O–H groups in total. The maximum Gasteiger partial charge on any atom is 0.241 e. The molecule has 2 atom stereocenters. The molecule has 1 heterocycles. The second-order valence-corrected chi connectivity index (χ2v) is 5.68. The fourth-order valence-corrected chi connectivity index (χ4v) is 2.76. The molecule has 0 bridgehead atoms. The first kappa shape index (κ1) is 14.3. The summed E-state index contributed by atoms with van der Waals surface area (Å²) in [4.78, 5) is 13.9. The van der Waals surface area contributed by atoms with Gasteiger partial charge in [-0.15, -0.1) is 0 Å². The Morgan fingerprint density at radius 2 is 2.16 bits per heavy atom. The van der Waals surface area contributed by atoms with Gasteiger partial charge < -0.3 is 4.90 Å². The van der Waals surface area contributed by atoms with Crippen molar-refractivity contribution in [1.82, 2.24) is 10.2 Å². The van der Waals surface area contributed by atoms with Crippen molar-refractivity contribution >= 4 is 17.7 Å². The summed E-state index contributed by atoms with van der Waals surface area (Å²) in [7, 11) is 0. The van der Waals surface area contributed by atoms with Crippen molar-refractivity contribution in [2.45, 2.75) is 25.6 Å². The van der Waals surface area contributed by atoms with Crippen LogP contribution in [0.25, 0.3) is 0 Å². The summed E-state index contributed by atoms with van der Waals surface area (Å²) in [5, 5.41) is 3.17. The van der Waals surface area contributed by atoms with Crippen LogP contribution in [0, 0.1) is 5.82 Å². The topological polar surface area (TPSA) is 32.3 Å². The molecule has 1 aromatic rings. The Morgan fingerprint density at radius 3 is 2.84 bits per heavy atom. The molecule has 104 valence electrons. The van der Waals surface area contributed by atoms with E-state index in [-0.39, 0.29) is 23.9 Å². The van der Waals surface area contributed by atoms with Crippen LogP contribution in [0.3, 0.4) is 0 Å². The first-order valence-corrected chi connectivity index (χ1v) is 7.84. The van der Waals surface area contributed by atoms with Crippen LogP contribution in [-0.2, 0) is 4.79 Å². The van der Waals surface area contributed by atoms with E-state index < -0.39 is 0 Å². The van der Waals surface area contributed by atoms with Crippen LogP contribution >= 0.6 is 11.8 Å². The molecule has 0 aromatic heterocycles. The lowest BCUT2D eigenvalue weighted by Gasteiger charge is -2.24. The van der Waals surface area contributed by atoms with E-state index in [0.717, 1.165) is 12.2 Å². The Hall–Kier alpha value is -1.07. The van der Waals surface area contributed by atoms with Crippen LogP contribution in [0.15, 0.2) is 24.3 Å². The number of carbonyl (C=O) groups is 1. The van der Waals surface area contributed by atoms with Crippen molar-refractivity contribution in [1.29, 1.82) is 0 Å². The van der Waals surface area contributed by atoms with E-state index in [2.05, 4.69) is 5.32 Å². The van der Waals surface area contributed by atoms with Crippen molar-refractivity contribution in [3.63, 3.8) is 0 Å². The molecule has 1 saturated heterocycles. The Labute approximate surface area is 117 Å². The van der Waals surface area contributed by atoms with E-state index in [9.17, 15) is 9.18 Å². The summed E-state index contributed by atoms with van der Waals surface area (Å²) < 4.78 is 13.9. The van der Waals surface area contributed by atoms with Crippen molar-refractivity contribution < 1.29 is 9.18 Å². The number of rotatable bonds is 5. The minimum absolute atomic E-state index is 0.0503. The number of nitrogens with zero attached hydrogens (tertiary/aromatic N) is 1. The van der Waals surface area contributed by atoms with Gasteiger partial charge in [0, 0.05) is 12.1 Å². The van der Waals surface area contributed by atoms with Gasteiger partial charge in [0.15, 0.2) is 0 Å². The minimum atomic E-state index is -0.342. The first-order valence-electron chi connectivity index (χ1n) is 6.45. The molecule has 3 nitrogen and oxygen atoms in total. The zero-order chi connectivity index (χ0) is 13.8. The number of nitrogens with one attached hydrogen (secondary N) is 1. The highest BCUT2D eigenvalue weighted by Crippen LogP contribution is 2.27. The minimum Gasteiger partial charge on any atom is -0.321 e. The van der Waals surface area contributed by atoms with Crippen LogP contribution in [0.2, 0.25) is 0 Å². The highest BCUT2D eigenvalue weighted by molar-refractivity contribution is 7.98. The van der Waals surface area contributed by atoms with Gasteiger partial charge in [-0.2, -0.15) is 11.8 Å². The summed E-state index contributed by atoms with van der Waals surface area (Å²) in [6.07, 6.45) is 2.62. The summed E-state index contributed by atoms with van der Waals surface area (Å²) in [5.41, 5.74) is 0.546. The van der Waals surface area contributed by atoms with E-state index in [1.165, 1.54) is 6.07 Å². The van der Waals surface area contributed by atoms with Gasteiger partial charge in [0.2, 0.25) is 5.91 Å². The van der Waals surface area contributed by atoms with Gasteiger partial charge in [-0.3, -0.25) is 10.1 Å². The highest BCUT2D eigenvalue weighted by atomic mass is 32.2. The Bertz CT molecular complexity index is 455. The third-order valence-electron chi connectivity index (χ3n) is 3.32. The number of amides is 1. The fraction of sp³-hybridized carbons (Fsp3) is 0.500. The first-order chi connectivity index (χ1) is 9.15. The van der Waals surface area contributed by atoms with Gasteiger partial charge in [0.05, 0.1) is 6.04 Å².